The SMILES string of the molecule is COCCOCCOc1cccc(F)c1C(N)=S. The van der Waals surface area contributed by atoms with Gasteiger partial charge in [-0.1, -0.05) is 18.3 Å². The average molecular weight is 273 g/mol. The van der Waals surface area contributed by atoms with E-state index in [-0.39, 0.29) is 10.6 Å². The third kappa shape index (κ3) is 4.56. The zero-order valence-electron chi connectivity index (χ0n) is 10.1. The fourth-order valence-corrected chi connectivity index (χ4v) is 1.52. The molecular weight excluding hydrogens is 257 g/mol. The number of thiocarbonyl (C=S) groups is 1. The van der Waals surface area contributed by atoms with Gasteiger partial charge in [0.2, 0.25) is 0 Å². The Labute approximate surface area is 111 Å². The predicted octanol–water partition coefficient (Wildman–Crippen LogP) is 1.50. The molecule has 1 rings (SSSR count). The summed E-state index contributed by atoms with van der Waals surface area (Å²) >= 11 is 4.78. The standard InChI is InChI=1S/C12H16FNO3S/c1-15-5-6-16-7-8-17-10-4-2-3-9(13)11(10)12(14)18/h2-4H,5-8H2,1H3,(H2,14,18). The number of methoxy groups -OCH3 is 1. The molecule has 0 unspecified atom stereocenters. The van der Waals surface area contributed by atoms with Crippen LogP contribution >= 0.6 is 12.2 Å². The predicted molar refractivity (Wildman–Crippen MR) is 70.5 cm³/mol. The Morgan fingerprint density at radius 1 is 1.28 bits per heavy atom. The maximum absolute atomic E-state index is 13.5. The van der Waals surface area contributed by atoms with E-state index < -0.39 is 5.82 Å². The fraction of sp³-hybridized carbons (Fsp3) is 0.417. The summed E-state index contributed by atoms with van der Waals surface area (Å²) < 4.78 is 28.9. The molecule has 0 aliphatic carbocycles. The van der Waals surface area contributed by atoms with Crippen molar-refractivity contribution in [2.75, 3.05) is 33.5 Å². The number of hydrogen-bond donors (Lipinski definition) is 1. The van der Waals surface area contributed by atoms with Crippen molar-refractivity contribution in [3.05, 3.63) is 29.6 Å². The molecular formula is C12H16FNO3S. The summed E-state index contributed by atoms with van der Waals surface area (Å²) in [6.45, 7) is 1.70. The summed E-state index contributed by atoms with van der Waals surface area (Å²) in [6, 6.07) is 4.45. The number of halogens is 1. The van der Waals surface area contributed by atoms with Crippen LogP contribution in [0.15, 0.2) is 18.2 Å². The van der Waals surface area contributed by atoms with E-state index in [1.165, 1.54) is 12.1 Å². The quantitative estimate of drug-likeness (QED) is 0.574. The van der Waals surface area contributed by atoms with Gasteiger partial charge in [-0.15, -0.1) is 0 Å². The molecule has 2 N–H and O–H groups in total. The van der Waals surface area contributed by atoms with Crippen molar-refractivity contribution in [2.45, 2.75) is 0 Å². The molecule has 6 heteroatoms. The molecule has 0 heterocycles. The molecule has 0 spiro atoms. The Hall–Kier alpha value is -1.24. The van der Waals surface area contributed by atoms with E-state index in [1.807, 2.05) is 0 Å². The van der Waals surface area contributed by atoms with E-state index >= 15 is 0 Å². The molecule has 0 aliphatic rings. The summed E-state index contributed by atoms with van der Waals surface area (Å²) in [5.74, 6) is -0.154. The van der Waals surface area contributed by atoms with Gasteiger partial charge in [0.1, 0.15) is 23.2 Å². The summed E-state index contributed by atoms with van der Waals surface area (Å²) in [5.41, 5.74) is 5.58. The molecule has 18 heavy (non-hydrogen) atoms. The largest absolute Gasteiger partial charge is 0.490 e. The van der Waals surface area contributed by atoms with Crippen molar-refractivity contribution in [1.82, 2.24) is 0 Å². The van der Waals surface area contributed by atoms with Crippen molar-refractivity contribution in [3.63, 3.8) is 0 Å². The first-order chi connectivity index (χ1) is 8.66. The van der Waals surface area contributed by atoms with Crippen molar-refractivity contribution >= 4 is 17.2 Å². The van der Waals surface area contributed by atoms with E-state index in [0.717, 1.165) is 0 Å². The van der Waals surface area contributed by atoms with Crippen molar-refractivity contribution in [3.8, 4) is 5.75 Å². The molecule has 0 saturated carbocycles. The minimum absolute atomic E-state index is 0.0246. The van der Waals surface area contributed by atoms with Crippen LogP contribution in [-0.2, 0) is 9.47 Å². The van der Waals surface area contributed by atoms with Crippen LogP contribution in [0, 0.1) is 5.82 Å². The van der Waals surface area contributed by atoms with Gasteiger partial charge in [-0.3, -0.25) is 0 Å². The van der Waals surface area contributed by atoms with E-state index in [2.05, 4.69) is 0 Å². The van der Waals surface area contributed by atoms with Gasteiger partial charge >= 0.3 is 0 Å². The lowest BCUT2D eigenvalue weighted by atomic mass is 10.2. The molecule has 0 radical (unpaired) electrons. The Morgan fingerprint density at radius 3 is 2.67 bits per heavy atom. The number of ether oxygens (including phenoxy) is 3. The highest BCUT2D eigenvalue weighted by molar-refractivity contribution is 7.80. The molecule has 0 amide bonds. The number of hydrogen-bond acceptors (Lipinski definition) is 4. The number of nitrogens with two attached hydrogens (primary N) is 1. The highest BCUT2D eigenvalue weighted by Gasteiger charge is 2.11. The zero-order valence-corrected chi connectivity index (χ0v) is 11.0. The highest BCUT2D eigenvalue weighted by atomic mass is 32.1. The minimum Gasteiger partial charge on any atom is -0.490 e. The van der Waals surface area contributed by atoms with E-state index in [1.54, 1.807) is 13.2 Å². The lowest BCUT2D eigenvalue weighted by Crippen LogP contribution is -2.16. The first kappa shape index (κ1) is 14.8. The Bertz CT molecular complexity index is 401. The van der Waals surface area contributed by atoms with E-state index in [9.17, 15) is 4.39 Å². The number of benzene rings is 1. The third-order valence-electron chi connectivity index (χ3n) is 2.14. The highest BCUT2D eigenvalue weighted by Crippen LogP contribution is 2.21. The second-order valence-electron chi connectivity index (χ2n) is 3.43. The lowest BCUT2D eigenvalue weighted by molar-refractivity contribution is 0.0543. The molecule has 0 atom stereocenters. The van der Waals surface area contributed by atoms with Gasteiger partial charge in [0.25, 0.3) is 0 Å². The van der Waals surface area contributed by atoms with Gasteiger partial charge in [-0.25, -0.2) is 4.39 Å². The minimum atomic E-state index is -0.486. The monoisotopic (exact) mass is 273 g/mol. The maximum atomic E-state index is 13.5. The number of rotatable bonds is 8. The van der Waals surface area contributed by atoms with Crippen molar-refractivity contribution < 1.29 is 18.6 Å². The lowest BCUT2D eigenvalue weighted by Gasteiger charge is -2.11. The summed E-state index contributed by atoms with van der Waals surface area (Å²) in [5, 5.41) is 0. The molecule has 0 bridgehead atoms. The third-order valence-corrected chi connectivity index (χ3v) is 2.34. The summed E-state index contributed by atoms with van der Waals surface area (Å²) in [4.78, 5) is -0.0246. The molecule has 0 saturated heterocycles. The molecule has 100 valence electrons. The average Bonchev–Trinajstić information content (AvgIpc) is 2.33. The maximum Gasteiger partial charge on any atom is 0.137 e. The van der Waals surface area contributed by atoms with Gasteiger partial charge in [-0.2, -0.15) is 0 Å². The van der Waals surface area contributed by atoms with Crippen LogP contribution in [0.3, 0.4) is 0 Å². The van der Waals surface area contributed by atoms with Crippen molar-refractivity contribution in [2.24, 2.45) is 5.73 Å². The van der Waals surface area contributed by atoms with Crippen LogP contribution in [0.4, 0.5) is 4.39 Å². The fourth-order valence-electron chi connectivity index (χ4n) is 1.32. The Balaban J connectivity index is 2.47. The van der Waals surface area contributed by atoms with Gasteiger partial charge in [-0.05, 0) is 12.1 Å². The van der Waals surface area contributed by atoms with Gasteiger partial charge in [0, 0.05) is 7.11 Å². The smallest absolute Gasteiger partial charge is 0.137 e. The summed E-state index contributed by atoms with van der Waals surface area (Å²) in [7, 11) is 1.60. The molecule has 0 fully saturated rings. The molecule has 1 aromatic rings. The Kier molecular flexibility index (Phi) is 6.56. The molecule has 0 aliphatic heterocycles. The van der Waals surface area contributed by atoms with Gasteiger partial charge < -0.3 is 19.9 Å². The summed E-state index contributed by atoms with van der Waals surface area (Å²) in [6.07, 6.45) is 0. The van der Waals surface area contributed by atoms with Crippen LogP contribution in [0.2, 0.25) is 0 Å². The molecule has 0 aromatic heterocycles. The van der Waals surface area contributed by atoms with Crippen LogP contribution < -0.4 is 10.5 Å². The zero-order chi connectivity index (χ0) is 13.4. The molecule has 1 aromatic carbocycles. The molecule has 4 nitrogen and oxygen atoms in total. The van der Waals surface area contributed by atoms with Crippen LogP contribution in [0.5, 0.6) is 5.75 Å². The van der Waals surface area contributed by atoms with Crippen LogP contribution in [-0.4, -0.2) is 38.5 Å². The van der Waals surface area contributed by atoms with E-state index in [4.69, 9.17) is 32.2 Å². The van der Waals surface area contributed by atoms with Gasteiger partial charge in [0.15, 0.2) is 0 Å². The van der Waals surface area contributed by atoms with Crippen molar-refractivity contribution in [1.29, 1.82) is 0 Å². The second kappa shape index (κ2) is 7.97. The normalized spacial score (nSPS) is 10.3. The van der Waals surface area contributed by atoms with Crippen LogP contribution in [0.1, 0.15) is 5.56 Å². The first-order valence-corrected chi connectivity index (χ1v) is 5.85. The topological polar surface area (TPSA) is 53.7 Å². The van der Waals surface area contributed by atoms with Gasteiger partial charge in [0.05, 0.1) is 25.4 Å². The first-order valence-electron chi connectivity index (χ1n) is 5.44. The van der Waals surface area contributed by atoms with Crippen LogP contribution in [0.25, 0.3) is 0 Å². The van der Waals surface area contributed by atoms with E-state index in [0.29, 0.717) is 32.2 Å². The Morgan fingerprint density at radius 2 is 2.00 bits per heavy atom. The second-order valence-corrected chi connectivity index (χ2v) is 3.87.